The zero-order valence-corrected chi connectivity index (χ0v) is 13.7. The minimum Gasteiger partial charge on any atom is -0.458 e. The first kappa shape index (κ1) is 14.4. The molecule has 1 aromatic heterocycles. The van der Waals surface area contributed by atoms with Gasteiger partial charge in [0.25, 0.3) is 0 Å². The fraction of sp³-hybridized carbons (Fsp3) is 0.222. The van der Waals surface area contributed by atoms with Crippen molar-refractivity contribution in [3.8, 4) is 0 Å². The van der Waals surface area contributed by atoms with Crippen LogP contribution in [0.4, 0.5) is 0 Å². The number of furan rings is 1. The molecule has 0 bridgehead atoms. The van der Waals surface area contributed by atoms with Crippen LogP contribution in [0.5, 0.6) is 0 Å². The van der Waals surface area contributed by atoms with Gasteiger partial charge in [0.2, 0.25) is 0 Å². The lowest BCUT2D eigenvalue weighted by Crippen LogP contribution is -2.10. The smallest absolute Gasteiger partial charge is 0.148 e. The van der Waals surface area contributed by atoms with Crippen LogP contribution in [0, 0.1) is 0 Å². The topological polar surface area (TPSA) is 39.2 Å². The lowest BCUT2D eigenvalue weighted by molar-refractivity contribution is 0.524. The van der Waals surface area contributed by atoms with Crippen LogP contribution < -0.4 is 5.73 Å². The second-order valence-electron chi connectivity index (χ2n) is 5.61. The lowest BCUT2D eigenvalue weighted by atomic mass is 9.98. The van der Waals surface area contributed by atoms with Crippen LogP contribution in [0.2, 0.25) is 0 Å². The van der Waals surface area contributed by atoms with E-state index in [0.717, 1.165) is 26.8 Å². The van der Waals surface area contributed by atoms with Crippen molar-refractivity contribution in [2.24, 2.45) is 5.73 Å². The largest absolute Gasteiger partial charge is 0.458 e. The van der Waals surface area contributed by atoms with E-state index in [2.05, 4.69) is 54.0 Å². The Morgan fingerprint density at radius 3 is 2.29 bits per heavy atom. The predicted molar refractivity (Wildman–Crippen MR) is 90.5 cm³/mol. The minimum atomic E-state index is -0.245. The molecule has 2 nitrogen and oxygen atoms in total. The molecule has 2 aromatic carbocycles. The van der Waals surface area contributed by atoms with Crippen LogP contribution in [0.1, 0.15) is 42.7 Å². The van der Waals surface area contributed by atoms with E-state index in [1.54, 1.807) is 0 Å². The van der Waals surface area contributed by atoms with E-state index in [-0.39, 0.29) is 6.04 Å². The number of nitrogens with two attached hydrogens (primary N) is 1. The number of fused-ring (bicyclic) bond motifs is 1. The van der Waals surface area contributed by atoms with Gasteiger partial charge in [-0.25, -0.2) is 0 Å². The summed E-state index contributed by atoms with van der Waals surface area (Å²) in [6.45, 7) is 4.37. The van der Waals surface area contributed by atoms with E-state index in [0.29, 0.717) is 5.92 Å². The molecular formula is C18H18BrNO. The molecule has 21 heavy (non-hydrogen) atoms. The van der Waals surface area contributed by atoms with E-state index in [4.69, 9.17) is 10.2 Å². The molecule has 0 radical (unpaired) electrons. The second kappa shape index (κ2) is 5.66. The highest BCUT2D eigenvalue weighted by molar-refractivity contribution is 9.10. The second-order valence-corrected chi connectivity index (χ2v) is 6.46. The minimum absolute atomic E-state index is 0.245. The highest BCUT2D eigenvalue weighted by Gasteiger charge is 2.15. The average Bonchev–Trinajstić information content (AvgIpc) is 2.92. The van der Waals surface area contributed by atoms with Crippen LogP contribution in [-0.4, -0.2) is 0 Å². The quantitative estimate of drug-likeness (QED) is 0.694. The summed E-state index contributed by atoms with van der Waals surface area (Å²) in [5.74, 6) is 1.31. The Hall–Kier alpha value is -1.58. The van der Waals surface area contributed by atoms with Crippen molar-refractivity contribution >= 4 is 26.9 Å². The Balaban J connectivity index is 1.96. The van der Waals surface area contributed by atoms with Crippen molar-refractivity contribution in [2.45, 2.75) is 25.8 Å². The number of benzene rings is 2. The van der Waals surface area contributed by atoms with Crippen LogP contribution in [-0.2, 0) is 0 Å². The summed E-state index contributed by atoms with van der Waals surface area (Å²) in [5, 5.41) is 1.06. The van der Waals surface area contributed by atoms with E-state index in [1.165, 1.54) is 5.56 Å². The Morgan fingerprint density at radius 1 is 1.00 bits per heavy atom. The Kier molecular flexibility index (Phi) is 3.87. The first-order valence-corrected chi connectivity index (χ1v) is 7.89. The Morgan fingerprint density at radius 2 is 1.67 bits per heavy atom. The molecule has 0 aliphatic rings. The third-order valence-corrected chi connectivity index (χ3v) is 4.41. The average molecular weight is 344 g/mol. The van der Waals surface area contributed by atoms with Crippen molar-refractivity contribution in [2.75, 3.05) is 0 Å². The van der Waals surface area contributed by atoms with Gasteiger partial charge in [-0.1, -0.05) is 50.2 Å². The van der Waals surface area contributed by atoms with Gasteiger partial charge in [-0.15, -0.1) is 0 Å². The number of rotatable bonds is 3. The monoisotopic (exact) mass is 343 g/mol. The summed E-state index contributed by atoms with van der Waals surface area (Å²) >= 11 is 3.51. The van der Waals surface area contributed by atoms with Crippen molar-refractivity contribution in [3.05, 3.63) is 69.9 Å². The zero-order chi connectivity index (χ0) is 15.0. The van der Waals surface area contributed by atoms with Gasteiger partial charge in [-0.05, 0) is 45.1 Å². The molecule has 1 unspecified atom stereocenters. The Labute approximate surface area is 133 Å². The predicted octanol–water partition coefficient (Wildman–Crippen LogP) is 5.37. The number of hydrogen-bond donors (Lipinski definition) is 1. The normalized spacial score (nSPS) is 13.0. The van der Waals surface area contributed by atoms with Crippen LogP contribution in [0.25, 0.3) is 11.0 Å². The molecule has 0 aliphatic heterocycles. The van der Waals surface area contributed by atoms with Gasteiger partial charge in [0.15, 0.2) is 0 Å². The van der Waals surface area contributed by atoms with Crippen LogP contribution in [0.3, 0.4) is 0 Å². The third-order valence-electron chi connectivity index (χ3n) is 3.78. The SMILES string of the molecule is CC(C)c1ccc(C(N)c2cc3cccc(Br)c3o2)cc1. The summed E-state index contributed by atoms with van der Waals surface area (Å²) in [4.78, 5) is 0. The first-order chi connectivity index (χ1) is 10.1. The molecule has 0 amide bonds. The molecule has 2 N–H and O–H groups in total. The molecule has 0 aliphatic carbocycles. The standard InChI is InChI=1S/C18H18BrNO/c1-11(2)12-6-8-13(9-7-12)17(20)16-10-14-4-3-5-15(19)18(14)21-16/h3-11,17H,20H2,1-2H3. The molecule has 1 atom stereocenters. The molecular weight excluding hydrogens is 326 g/mol. The van der Waals surface area contributed by atoms with Crippen molar-refractivity contribution < 1.29 is 4.42 Å². The van der Waals surface area contributed by atoms with Gasteiger partial charge in [0.05, 0.1) is 10.5 Å². The summed E-state index contributed by atoms with van der Waals surface area (Å²) in [6, 6.07) is 16.2. The molecule has 3 aromatic rings. The maximum atomic E-state index is 6.35. The number of halogens is 1. The van der Waals surface area contributed by atoms with E-state index >= 15 is 0 Å². The molecule has 3 rings (SSSR count). The van der Waals surface area contributed by atoms with Crippen molar-refractivity contribution in [3.63, 3.8) is 0 Å². The summed E-state index contributed by atoms with van der Waals surface area (Å²) in [5.41, 5.74) is 9.58. The maximum absolute atomic E-state index is 6.35. The van der Waals surface area contributed by atoms with Gasteiger partial charge in [0.1, 0.15) is 11.3 Å². The van der Waals surface area contributed by atoms with Crippen molar-refractivity contribution in [1.82, 2.24) is 0 Å². The number of para-hydroxylation sites is 1. The molecule has 3 heteroatoms. The van der Waals surface area contributed by atoms with E-state index in [1.807, 2.05) is 24.3 Å². The fourth-order valence-electron chi connectivity index (χ4n) is 2.45. The molecule has 0 saturated heterocycles. The van der Waals surface area contributed by atoms with Gasteiger partial charge in [-0.2, -0.15) is 0 Å². The van der Waals surface area contributed by atoms with Gasteiger partial charge < -0.3 is 10.2 Å². The van der Waals surface area contributed by atoms with Crippen LogP contribution >= 0.6 is 15.9 Å². The van der Waals surface area contributed by atoms with E-state index < -0.39 is 0 Å². The lowest BCUT2D eigenvalue weighted by Gasteiger charge is -2.11. The molecule has 0 saturated carbocycles. The molecule has 0 spiro atoms. The summed E-state index contributed by atoms with van der Waals surface area (Å²) in [6.07, 6.45) is 0. The highest BCUT2D eigenvalue weighted by atomic mass is 79.9. The van der Waals surface area contributed by atoms with Crippen molar-refractivity contribution in [1.29, 1.82) is 0 Å². The highest BCUT2D eigenvalue weighted by Crippen LogP contribution is 2.31. The fourth-order valence-corrected chi connectivity index (χ4v) is 2.92. The maximum Gasteiger partial charge on any atom is 0.148 e. The molecule has 108 valence electrons. The zero-order valence-electron chi connectivity index (χ0n) is 12.1. The summed E-state index contributed by atoms with van der Waals surface area (Å²) in [7, 11) is 0. The van der Waals surface area contributed by atoms with Gasteiger partial charge in [0, 0.05) is 5.39 Å². The summed E-state index contributed by atoms with van der Waals surface area (Å²) < 4.78 is 6.87. The number of hydrogen-bond acceptors (Lipinski definition) is 2. The first-order valence-electron chi connectivity index (χ1n) is 7.09. The Bertz CT molecular complexity index is 758. The third kappa shape index (κ3) is 2.76. The van der Waals surface area contributed by atoms with Crippen LogP contribution in [0.15, 0.2) is 57.4 Å². The van der Waals surface area contributed by atoms with Gasteiger partial charge >= 0.3 is 0 Å². The van der Waals surface area contributed by atoms with Gasteiger partial charge in [-0.3, -0.25) is 0 Å². The molecule has 1 heterocycles. The van der Waals surface area contributed by atoms with E-state index in [9.17, 15) is 0 Å². The molecule has 0 fully saturated rings.